The van der Waals surface area contributed by atoms with Crippen molar-refractivity contribution < 1.29 is 19.1 Å². The number of rotatable bonds is 5. The van der Waals surface area contributed by atoms with Crippen molar-refractivity contribution in [2.24, 2.45) is 5.92 Å². The monoisotopic (exact) mass is 379 g/mol. The summed E-state index contributed by atoms with van der Waals surface area (Å²) in [6, 6.07) is 13.0. The maximum Gasteiger partial charge on any atom is 0.312 e. The summed E-state index contributed by atoms with van der Waals surface area (Å²) in [4.78, 5) is 39.1. The van der Waals surface area contributed by atoms with Gasteiger partial charge in [-0.05, 0) is 39.3 Å². The number of aryl methyl sites for hydroxylation is 3. The Morgan fingerprint density at radius 3 is 2.32 bits per heavy atom. The van der Waals surface area contributed by atoms with Gasteiger partial charge in [0.1, 0.15) is 0 Å². The molecular weight excluding hydrogens is 354 g/mol. The fourth-order valence-electron chi connectivity index (χ4n) is 3.48. The van der Waals surface area contributed by atoms with Crippen molar-refractivity contribution in [1.29, 1.82) is 0 Å². The molecule has 0 spiro atoms. The topological polar surface area (TPSA) is 63.7 Å². The molecule has 0 aromatic heterocycles. The first kappa shape index (κ1) is 19.8. The molecule has 5 nitrogen and oxygen atoms in total. The lowest BCUT2D eigenvalue weighted by molar-refractivity contribution is -0.151. The van der Waals surface area contributed by atoms with E-state index in [-0.39, 0.29) is 24.7 Å². The molecule has 0 saturated carbocycles. The number of Topliss-reactive ketones (excluding diaryl/α,β-unsaturated/α-hetero) is 1. The van der Waals surface area contributed by atoms with Crippen LogP contribution >= 0.6 is 0 Å². The van der Waals surface area contributed by atoms with Crippen molar-refractivity contribution in [3.05, 3.63) is 64.7 Å². The second-order valence-corrected chi connectivity index (χ2v) is 7.50. The van der Waals surface area contributed by atoms with Gasteiger partial charge in [-0.25, -0.2) is 0 Å². The van der Waals surface area contributed by atoms with Gasteiger partial charge >= 0.3 is 5.97 Å². The molecule has 1 heterocycles. The van der Waals surface area contributed by atoms with Crippen LogP contribution in [-0.2, 0) is 14.3 Å². The Hall–Kier alpha value is -2.95. The highest BCUT2D eigenvalue weighted by molar-refractivity contribution is 6.02. The maximum absolute atomic E-state index is 12.6. The number of hydrogen-bond donors (Lipinski definition) is 0. The molecule has 1 amide bonds. The zero-order chi connectivity index (χ0) is 20.4. The van der Waals surface area contributed by atoms with Gasteiger partial charge in [0.25, 0.3) is 0 Å². The van der Waals surface area contributed by atoms with Gasteiger partial charge in [0, 0.05) is 24.2 Å². The molecule has 5 heteroatoms. The van der Waals surface area contributed by atoms with E-state index in [0.717, 1.165) is 22.4 Å². The van der Waals surface area contributed by atoms with Gasteiger partial charge in [0.2, 0.25) is 11.7 Å². The van der Waals surface area contributed by atoms with E-state index >= 15 is 0 Å². The Morgan fingerprint density at radius 1 is 1.04 bits per heavy atom. The van der Waals surface area contributed by atoms with Crippen molar-refractivity contribution in [1.82, 2.24) is 0 Å². The highest BCUT2D eigenvalue weighted by atomic mass is 16.5. The Kier molecular flexibility index (Phi) is 5.63. The number of hydrogen-bond acceptors (Lipinski definition) is 4. The first-order chi connectivity index (χ1) is 13.3. The van der Waals surface area contributed by atoms with Crippen LogP contribution in [0.5, 0.6) is 0 Å². The van der Waals surface area contributed by atoms with Crippen LogP contribution in [-0.4, -0.2) is 30.3 Å². The Morgan fingerprint density at radius 2 is 1.68 bits per heavy atom. The summed E-state index contributed by atoms with van der Waals surface area (Å²) in [5.74, 6) is -1.43. The third kappa shape index (κ3) is 4.14. The van der Waals surface area contributed by atoms with Gasteiger partial charge in [0.15, 0.2) is 6.10 Å². The molecule has 146 valence electrons. The maximum atomic E-state index is 12.6. The van der Waals surface area contributed by atoms with E-state index < -0.39 is 18.0 Å². The minimum Gasteiger partial charge on any atom is -0.454 e. The minimum atomic E-state index is -0.888. The lowest BCUT2D eigenvalue weighted by Crippen LogP contribution is -2.30. The van der Waals surface area contributed by atoms with E-state index in [2.05, 4.69) is 0 Å². The normalized spacial score (nSPS) is 17.5. The number of benzene rings is 2. The van der Waals surface area contributed by atoms with Crippen molar-refractivity contribution in [3.63, 3.8) is 0 Å². The fourth-order valence-corrected chi connectivity index (χ4v) is 3.48. The SMILES string of the molecule is Cc1ccc(C(=O)[C@H](C)OC(=O)[C@@H]2CC(=O)N(c3ccc(C)cc3C)C2)cc1. The molecule has 1 aliphatic heterocycles. The molecule has 0 bridgehead atoms. The standard InChI is InChI=1S/C23H25NO4/c1-14-5-8-18(9-6-14)22(26)17(4)28-23(27)19-12-21(25)24(13-19)20-10-7-15(2)11-16(20)3/h5-11,17,19H,12-13H2,1-4H3/t17-,19+/m0/s1. The van der Waals surface area contributed by atoms with Gasteiger partial charge in [-0.15, -0.1) is 0 Å². The van der Waals surface area contributed by atoms with Crippen molar-refractivity contribution in [2.75, 3.05) is 11.4 Å². The molecule has 0 unspecified atom stereocenters. The molecule has 1 fully saturated rings. The quantitative estimate of drug-likeness (QED) is 0.586. The molecule has 2 atom stereocenters. The summed E-state index contributed by atoms with van der Waals surface area (Å²) in [7, 11) is 0. The van der Waals surface area contributed by atoms with Gasteiger partial charge in [0.05, 0.1) is 5.92 Å². The second-order valence-electron chi connectivity index (χ2n) is 7.50. The number of carbonyl (C=O) groups excluding carboxylic acids is 3. The van der Waals surface area contributed by atoms with Crippen molar-refractivity contribution in [2.45, 2.75) is 40.2 Å². The number of amides is 1. The van der Waals surface area contributed by atoms with Crippen LogP contribution in [0.15, 0.2) is 42.5 Å². The molecular formula is C23H25NO4. The Bertz CT molecular complexity index is 917. The Balaban J connectivity index is 1.65. The van der Waals surface area contributed by atoms with E-state index in [1.54, 1.807) is 24.0 Å². The van der Waals surface area contributed by atoms with E-state index in [0.29, 0.717) is 5.56 Å². The van der Waals surface area contributed by atoms with Crippen LogP contribution < -0.4 is 4.90 Å². The first-order valence-electron chi connectivity index (χ1n) is 9.45. The van der Waals surface area contributed by atoms with Crippen molar-refractivity contribution >= 4 is 23.3 Å². The third-order valence-corrected chi connectivity index (χ3v) is 5.10. The number of carbonyl (C=O) groups is 3. The lowest BCUT2D eigenvalue weighted by Gasteiger charge is -2.20. The average molecular weight is 379 g/mol. The third-order valence-electron chi connectivity index (χ3n) is 5.10. The summed E-state index contributed by atoms with van der Waals surface area (Å²) in [5, 5.41) is 0. The summed E-state index contributed by atoms with van der Waals surface area (Å²) in [5.41, 5.74) is 4.48. The van der Waals surface area contributed by atoms with Gasteiger partial charge in [-0.1, -0.05) is 47.5 Å². The lowest BCUT2D eigenvalue weighted by atomic mass is 10.1. The molecule has 1 aliphatic rings. The highest BCUT2D eigenvalue weighted by Crippen LogP contribution is 2.29. The molecule has 2 aromatic carbocycles. The zero-order valence-electron chi connectivity index (χ0n) is 16.7. The van der Waals surface area contributed by atoms with Crippen LogP contribution in [0.25, 0.3) is 0 Å². The molecule has 0 radical (unpaired) electrons. The smallest absolute Gasteiger partial charge is 0.312 e. The van der Waals surface area contributed by atoms with Crippen LogP contribution in [0, 0.1) is 26.7 Å². The summed E-state index contributed by atoms with van der Waals surface area (Å²) in [6.45, 7) is 7.72. The van der Waals surface area contributed by atoms with Gasteiger partial charge in [-0.3, -0.25) is 14.4 Å². The Labute approximate surface area is 165 Å². The molecule has 1 saturated heterocycles. The number of nitrogens with zero attached hydrogens (tertiary/aromatic N) is 1. The highest BCUT2D eigenvalue weighted by Gasteiger charge is 2.37. The van der Waals surface area contributed by atoms with Crippen molar-refractivity contribution in [3.8, 4) is 0 Å². The fraction of sp³-hybridized carbons (Fsp3) is 0.348. The van der Waals surface area contributed by atoms with E-state index in [1.165, 1.54) is 0 Å². The number of esters is 1. The number of ether oxygens (including phenoxy) is 1. The van der Waals surface area contributed by atoms with Crippen LogP contribution in [0.1, 0.15) is 40.4 Å². The summed E-state index contributed by atoms with van der Waals surface area (Å²) < 4.78 is 5.40. The average Bonchev–Trinajstić information content (AvgIpc) is 3.03. The van der Waals surface area contributed by atoms with Gasteiger partial charge in [-0.2, -0.15) is 0 Å². The second kappa shape index (κ2) is 7.97. The van der Waals surface area contributed by atoms with Gasteiger partial charge < -0.3 is 9.64 Å². The first-order valence-corrected chi connectivity index (χ1v) is 9.45. The van der Waals surface area contributed by atoms with E-state index in [9.17, 15) is 14.4 Å². The molecule has 2 aromatic rings. The van der Waals surface area contributed by atoms with Crippen LogP contribution in [0.3, 0.4) is 0 Å². The molecule has 0 N–H and O–H groups in total. The predicted octanol–water partition coefficient (Wildman–Crippen LogP) is 3.78. The molecule has 3 rings (SSSR count). The minimum absolute atomic E-state index is 0.0948. The van der Waals surface area contributed by atoms with E-state index in [4.69, 9.17) is 4.74 Å². The van der Waals surface area contributed by atoms with E-state index in [1.807, 2.05) is 51.1 Å². The largest absolute Gasteiger partial charge is 0.454 e. The molecule has 28 heavy (non-hydrogen) atoms. The predicted molar refractivity (Wildman–Crippen MR) is 107 cm³/mol. The zero-order valence-corrected chi connectivity index (χ0v) is 16.7. The number of ketones is 1. The molecule has 0 aliphatic carbocycles. The number of anilines is 1. The summed E-state index contributed by atoms with van der Waals surface area (Å²) in [6.07, 6.45) is -0.794. The van der Waals surface area contributed by atoms with Crippen LogP contribution in [0.2, 0.25) is 0 Å². The summed E-state index contributed by atoms with van der Waals surface area (Å²) >= 11 is 0. The van der Waals surface area contributed by atoms with Crippen LogP contribution in [0.4, 0.5) is 5.69 Å².